The van der Waals surface area contributed by atoms with E-state index in [0.717, 1.165) is 11.0 Å². The van der Waals surface area contributed by atoms with Crippen molar-refractivity contribution in [1.29, 1.82) is 0 Å². The molecule has 0 bridgehead atoms. The zero-order chi connectivity index (χ0) is 20.1. The number of alkyl halides is 3. The summed E-state index contributed by atoms with van der Waals surface area (Å²) in [4.78, 5) is 39.9. The van der Waals surface area contributed by atoms with Crippen molar-refractivity contribution in [3.8, 4) is 0 Å². The summed E-state index contributed by atoms with van der Waals surface area (Å²) in [6.45, 7) is -0.218. The van der Waals surface area contributed by atoms with E-state index < -0.39 is 35.5 Å². The highest BCUT2D eigenvalue weighted by Gasteiger charge is 2.44. The Kier molecular flexibility index (Phi) is 4.21. The molecule has 8 heteroatoms. The van der Waals surface area contributed by atoms with E-state index in [2.05, 4.69) is 0 Å². The summed E-state index contributed by atoms with van der Waals surface area (Å²) in [7, 11) is 0. The van der Waals surface area contributed by atoms with Crippen LogP contribution in [0, 0.1) is 0 Å². The molecule has 0 spiro atoms. The summed E-state index contributed by atoms with van der Waals surface area (Å²) in [5.41, 5.74) is -0.264. The van der Waals surface area contributed by atoms with Crippen LogP contribution in [-0.2, 0) is 17.5 Å². The molecule has 5 nitrogen and oxygen atoms in total. The number of carbonyl (C=O) groups excluding carboxylic acids is 3. The van der Waals surface area contributed by atoms with Crippen molar-refractivity contribution in [2.45, 2.75) is 25.2 Å². The number of carbonyl (C=O) groups is 3. The van der Waals surface area contributed by atoms with Gasteiger partial charge in [0.15, 0.2) is 0 Å². The fourth-order valence-electron chi connectivity index (χ4n) is 3.76. The molecule has 3 amide bonds. The average Bonchev–Trinajstić information content (AvgIpc) is 3.12. The van der Waals surface area contributed by atoms with Gasteiger partial charge in [-0.2, -0.15) is 13.2 Å². The van der Waals surface area contributed by atoms with Crippen LogP contribution in [0.5, 0.6) is 0 Å². The number of imide groups is 1. The molecule has 1 saturated heterocycles. The molecule has 28 heavy (non-hydrogen) atoms. The molecule has 1 atom stereocenters. The Labute approximate surface area is 158 Å². The molecule has 0 saturated carbocycles. The van der Waals surface area contributed by atoms with E-state index in [1.165, 1.54) is 23.1 Å². The molecular formula is C20H15F3N2O3. The van der Waals surface area contributed by atoms with Crippen LogP contribution in [0.3, 0.4) is 0 Å². The Morgan fingerprint density at radius 2 is 1.46 bits per heavy atom. The van der Waals surface area contributed by atoms with Gasteiger partial charge in [-0.1, -0.05) is 30.3 Å². The molecule has 2 heterocycles. The number of benzene rings is 2. The van der Waals surface area contributed by atoms with Gasteiger partial charge in [-0.15, -0.1) is 0 Å². The number of halogens is 3. The van der Waals surface area contributed by atoms with Crippen LogP contribution in [0.4, 0.5) is 13.2 Å². The summed E-state index contributed by atoms with van der Waals surface area (Å²) in [6, 6.07) is 10.8. The topological polar surface area (TPSA) is 57.7 Å². The van der Waals surface area contributed by atoms with E-state index in [1.807, 2.05) is 0 Å². The molecule has 2 aromatic rings. The number of fused-ring (bicyclic) bond motifs is 1. The van der Waals surface area contributed by atoms with Crippen molar-refractivity contribution in [3.63, 3.8) is 0 Å². The van der Waals surface area contributed by atoms with Crippen molar-refractivity contribution < 1.29 is 27.6 Å². The lowest BCUT2D eigenvalue weighted by Crippen LogP contribution is -2.41. The van der Waals surface area contributed by atoms with E-state index >= 15 is 0 Å². The quantitative estimate of drug-likeness (QED) is 0.760. The van der Waals surface area contributed by atoms with Crippen molar-refractivity contribution in [2.24, 2.45) is 0 Å². The Balaban J connectivity index is 1.55. The van der Waals surface area contributed by atoms with Crippen LogP contribution in [-0.4, -0.2) is 40.1 Å². The number of hydrogen-bond acceptors (Lipinski definition) is 3. The standard InChI is InChI=1S/C20H15F3N2O3/c21-20(22,23)16-8-4-1-5-12(16)10-24-11-13(9-17(24)26)25-18(27)14-6-2-3-7-15(14)19(25)28/h1-8,13H,9-11H2/t13-/m1/s1. The largest absolute Gasteiger partial charge is 0.416 e. The summed E-state index contributed by atoms with van der Waals surface area (Å²) in [5.74, 6) is -1.34. The van der Waals surface area contributed by atoms with E-state index in [9.17, 15) is 27.6 Å². The normalized spacial score (nSPS) is 19.5. The maximum atomic E-state index is 13.2. The van der Waals surface area contributed by atoms with Gasteiger partial charge in [-0.05, 0) is 23.8 Å². The number of rotatable bonds is 3. The summed E-state index contributed by atoms with van der Waals surface area (Å²) < 4.78 is 39.6. The lowest BCUT2D eigenvalue weighted by atomic mass is 10.1. The van der Waals surface area contributed by atoms with Crippen LogP contribution in [0.2, 0.25) is 0 Å². The molecule has 0 aromatic heterocycles. The van der Waals surface area contributed by atoms with Crippen molar-refractivity contribution >= 4 is 17.7 Å². The Hall–Kier alpha value is -3.16. The second-order valence-corrected chi connectivity index (χ2v) is 6.81. The maximum absolute atomic E-state index is 13.2. The first kappa shape index (κ1) is 18.2. The third kappa shape index (κ3) is 2.94. The highest BCUT2D eigenvalue weighted by Crippen LogP contribution is 2.34. The van der Waals surface area contributed by atoms with Crippen LogP contribution in [0.25, 0.3) is 0 Å². The van der Waals surface area contributed by atoms with E-state index in [4.69, 9.17) is 0 Å². The maximum Gasteiger partial charge on any atom is 0.416 e. The van der Waals surface area contributed by atoms with Gasteiger partial charge in [-0.3, -0.25) is 19.3 Å². The molecule has 2 aromatic carbocycles. The smallest absolute Gasteiger partial charge is 0.336 e. The summed E-state index contributed by atoms with van der Waals surface area (Å²) >= 11 is 0. The third-order valence-electron chi connectivity index (χ3n) is 5.07. The first-order valence-corrected chi connectivity index (χ1v) is 8.67. The van der Waals surface area contributed by atoms with Gasteiger partial charge < -0.3 is 4.90 Å². The molecule has 4 rings (SSSR count). The molecule has 144 valence electrons. The highest BCUT2D eigenvalue weighted by molar-refractivity contribution is 6.21. The van der Waals surface area contributed by atoms with Gasteiger partial charge in [0.2, 0.25) is 5.91 Å². The van der Waals surface area contributed by atoms with Crippen LogP contribution in [0.15, 0.2) is 48.5 Å². The molecule has 0 N–H and O–H groups in total. The second kappa shape index (κ2) is 6.47. The number of likely N-dealkylation sites (tertiary alicyclic amines) is 1. The predicted molar refractivity (Wildman–Crippen MR) is 92.2 cm³/mol. The van der Waals surface area contributed by atoms with E-state index in [0.29, 0.717) is 0 Å². The van der Waals surface area contributed by atoms with Crippen LogP contribution in [0.1, 0.15) is 38.3 Å². The monoisotopic (exact) mass is 388 g/mol. The predicted octanol–water partition coefficient (Wildman–Crippen LogP) is 3.10. The minimum absolute atomic E-state index is 0.0104. The van der Waals surface area contributed by atoms with Gasteiger partial charge in [-0.25, -0.2) is 0 Å². The van der Waals surface area contributed by atoms with Crippen LogP contribution >= 0.6 is 0 Å². The van der Waals surface area contributed by atoms with Crippen molar-refractivity contribution in [1.82, 2.24) is 9.80 Å². The first-order chi connectivity index (χ1) is 13.3. The molecule has 0 aliphatic carbocycles. The minimum atomic E-state index is -4.53. The van der Waals surface area contributed by atoms with Gasteiger partial charge in [0.1, 0.15) is 0 Å². The summed E-state index contributed by atoms with van der Waals surface area (Å²) in [5, 5.41) is 0. The third-order valence-corrected chi connectivity index (χ3v) is 5.07. The molecule has 0 radical (unpaired) electrons. The second-order valence-electron chi connectivity index (χ2n) is 6.81. The van der Waals surface area contributed by atoms with E-state index in [-0.39, 0.29) is 36.2 Å². The van der Waals surface area contributed by atoms with Gasteiger partial charge in [0.05, 0.1) is 22.7 Å². The van der Waals surface area contributed by atoms with Crippen molar-refractivity contribution in [3.05, 3.63) is 70.8 Å². The molecule has 2 aliphatic heterocycles. The minimum Gasteiger partial charge on any atom is -0.336 e. The fourth-order valence-corrected chi connectivity index (χ4v) is 3.76. The van der Waals surface area contributed by atoms with E-state index in [1.54, 1.807) is 24.3 Å². The molecule has 2 aliphatic rings. The lowest BCUT2D eigenvalue weighted by molar-refractivity contribution is -0.139. The molecular weight excluding hydrogens is 373 g/mol. The molecule has 0 unspecified atom stereocenters. The average molecular weight is 388 g/mol. The first-order valence-electron chi connectivity index (χ1n) is 8.67. The fraction of sp³-hybridized carbons (Fsp3) is 0.250. The Morgan fingerprint density at radius 3 is 2.07 bits per heavy atom. The van der Waals surface area contributed by atoms with Gasteiger partial charge >= 0.3 is 6.18 Å². The molecule has 1 fully saturated rings. The Morgan fingerprint density at radius 1 is 0.893 bits per heavy atom. The highest BCUT2D eigenvalue weighted by atomic mass is 19.4. The lowest BCUT2D eigenvalue weighted by Gasteiger charge is -2.23. The number of nitrogens with zero attached hydrogens (tertiary/aromatic N) is 2. The Bertz CT molecular complexity index is 952. The van der Waals surface area contributed by atoms with Gasteiger partial charge in [0, 0.05) is 19.5 Å². The van der Waals surface area contributed by atoms with Gasteiger partial charge in [0.25, 0.3) is 11.8 Å². The number of hydrogen-bond donors (Lipinski definition) is 0. The number of amides is 3. The SMILES string of the molecule is O=C1C[C@@H](N2C(=O)c3ccccc3C2=O)CN1Cc1ccccc1C(F)(F)F. The zero-order valence-electron chi connectivity index (χ0n) is 14.6. The zero-order valence-corrected chi connectivity index (χ0v) is 14.6. The summed E-state index contributed by atoms with van der Waals surface area (Å²) in [6.07, 6.45) is -4.62. The van der Waals surface area contributed by atoms with Crippen LogP contribution < -0.4 is 0 Å². The van der Waals surface area contributed by atoms with Crippen molar-refractivity contribution in [2.75, 3.05) is 6.54 Å².